The Morgan fingerprint density at radius 2 is 1.62 bits per heavy atom. The second-order valence-electron chi connectivity index (χ2n) is 6.89. The molecule has 0 saturated heterocycles. The van der Waals surface area contributed by atoms with E-state index in [1.54, 1.807) is 18.2 Å². The molecule has 29 heavy (non-hydrogen) atoms. The van der Waals surface area contributed by atoms with Crippen LogP contribution in [0.5, 0.6) is 0 Å². The number of hydrogen-bond donors (Lipinski definition) is 2. The van der Waals surface area contributed by atoms with Crippen molar-refractivity contribution in [2.24, 2.45) is 0 Å². The first-order chi connectivity index (χ1) is 13.8. The van der Waals surface area contributed by atoms with Crippen molar-refractivity contribution in [3.8, 4) is 0 Å². The van der Waals surface area contributed by atoms with Crippen LogP contribution in [0.1, 0.15) is 43.9 Å². The Morgan fingerprint density at radius 3 is 2.21 bits per heavy atom. The SMILES string of the molecule is O=C(CN1C(=O)c2cc(Cl)c(Cl)cc2C1=O)Nc1cccc(C(=O)NC2CC2)c1. The van der Waals surface area contributed by atoms with Gasteiger partial charge < -0.3 is 10.6 Å². The summed E-state index contributed by atoms with van der Waals surface area (Å²) in [5.41, 5.74) is 1.02. The van der Waals surface area contributed by atoms with Crippen molar-refractivity contribution in [1.29, 1.82) is 0 Å². The molecule has 2 aromatic carbocycles. The van der Waals surface area contributed by atoms with Gasteiger partial charge in [0.25, 0.3) is 17.7 Å². The predicted molar refractivity (Wildman–Crippen MR) is 107 cm³/mol. The van der Waals surface area contributed by atoms with Gasteiger partial charge in [0.2, 0.25) is 5.91 Å². The van der Waals surface area contributed by atoms with E-state index in [0.29, 0.717) is 11.3 Å². The lowest BCUT2D eigenvalue weighted by atomic mass is 10.1. The summed E-state index contributed by atoms with van der Waals surface area (Å²) in [5, 5.41) is 5.78. The highest BCUT2D eigenvalue weighted by Gasteiger charge is 2.37. The number of carbonyl (C=O) groups excluding carboxylic acids is 4. The fourth-order valence-electron chi connectivity index (χ4n) is 3.01. The Labute approximate surface area is 176 Å². The van der Waals surface area contributed by atoms with Crippen molar-refractivity contribution in [1.82, 2.24) is 10.2 Å². The maximum Gasteiger partial charge on any atom is 0.262 e. The van der Waals surface area contributed by atoms with Crippen LogP contribution in [-0.2, 0) is 4.79 Å². The number of nitrogens with zero attached hydrogens (tertiary/aromatic N) is 1. The number of rotatable bonds is 5. The molecule has 1 fully saturated rings. The zero-order valence-electron chi connectivity index (χ0n) is 15.0. The summed E-state index contributed by atoms with van der Waals surface area (Å²) in [6.07, 6.45) is 1.94. The summed E-state index contributed by atoms with van der Waals surface area (Å²) in [6, 6.07) is 9.30. The fraction of sp³-hybridized carbons (Fsp3) is 0.200. The molecule has 0 spiro atoms. The lowest BCUT2D eigenvalue weighted by Crippen LogP contribution is -2.37. The number of nitrogens with one attached hydrogen (secondary N) is 2. The molecule has 1 aliphatic carbocycles. The minimum atomic E-state index is -0.615. The van der Waals surface area contributed by atoms with Crippen LogP contribution in [0.15, 0.2) is 36.4 Å². The van der Waals surface area contributed by atoms with E-state index in [9.17, 15) is 19.2 Å². The van der Waals surface area contributed by atoms with Gasteiger partial charge in [-0.15, -0.1) is 0 Å². The maximum atomic E-state index is 12.5. The Morgan fingerprint density at radius 1 is 1.00 bits per heavy atom. The minimum absolute atomic E-state index is 0.107. The topological polar surface area (TPSA) is 95.6 Å². The number of fused-ring (bicyclic) bond motifs is 1. The van der Waals surface area contributed by atoms with Crippen molar-refractivity contribution in [3.05, 3.63) is 63.1 Å². The summed E-state index contributed by atoms with van der Waals surface area (Å²) in [6.45, 7) is -0.472. The highest BCUT2D eigenvalue weighted by molar-refractivity contribution is 6.43. The van der Waals surface area contributed by atoms with Crippen molar-refractivity contribution < 1.29 is 19.2 Å². The van der Waals surface area contributed by atoms with Crippen molar-refractivity contribution >= 4 is 52.5 Å². The predicted octanol–water partition coefficient (Wildman–Crippen LogP) is 3.12. The van der Waals surface area contributed by atoms with Gasteiger partial charge in [0, 0.05) is 17.3 Å². The van der Waals surface area contributed by atoms with Crippen LogP contribution < -0.4 is 10.6 Å². The average Bonchev–Trinajstić information content (AvgIpc) is 3.47. The van der Waals surface area contributed by atoms with Crippen molar-refractivity contribution in [3.63, 3.8) is 0 Å². The lowest BCUT2D eigenvalue weighted by molar-refractivity contribution is -0.116. The molecule has 1 saturated carbocycles. The average molecular weight is 432 g/mol. The van der Waals surface area contributed by atoms with Gasteiger partial charge in [-0.1, -0.05) is 29.3 Å². The zero-order chi connectivity index (χ0) is 20.7. The first-order valence-electron chi connectivity index (χ1n) is 8.89. The zero-order valence-corrected chi connectivity index (χ0v) is 16.5. The van der Waals surface area contributed by atoms with Crippen LogP contribution in [-0.4, -0.2) is 41.1 Å². The van der Waals surface area contributed by atoms with E-state index in [1.807, 2.05) is 0 Å². The smallest absolute Gasteiger partial charge is 0.262 e. The number of amides is 4. The largest absolute Gasteiger partial charge is 0.349 e. The third-order valence-corrected chi connectivity index (χ3v) is 5.36. The monoisotopic (exact) mass is 431 g/mol. The Hall–Kier alpha value is -2.90. The van der Waals surface area contributed by atoms with Gasteiger partial charge in [0.15, 0.2) is 0 Å². The minimum Gasteiger partial charge on any atom is -0.349 e. The normalized spacial score (nSPS) is 15.3. The van der Waals surface area contributed by atoms with Crippen LogP contribution in [0.3, 0.4) is 0 Å². The molecule has 1 aliphatic heterocycles. The fourth-order valence-corrected chi connectivity index (χ4v) is 3.33. The van der Waals surface area contributed by atoms with Gasteiger partial charge in [-0.3, -0.25) is 24.1 Å². The first kappa shape index (κ1) is 19.4. The first-order valence-corrected chi connectivity index (χ1v) is 9.65. The lowest BCUT2D eigenvalue weighted by Gasteiger charge is -2.14. The van der Waals surface area contributed by atoms with Gasteiger partial charge in [0.05, 0.1) is 21.2 Å². The van der Waals surface area contributed by atoms with Crippen LogP contribution in [0, 0.1) is 0 Å². The van der Waals surface area contributed by atoms with Gasteiger partial charge in [-0.2, -0.15) is 0 Å². The van der Waals surface area contributed by atoms with Crippen molar-refractivity contribution in [2.45, 2.75) is 18.9 Å². The van der Waals surface area contributed by atoms with E-state index in [0.717, 1.165) is 17.7 Å². The summed E-state index contributed by atoms with van der Waals surface area (Å²) in [7, 11) is 0. The molecule has 2 N–H and O–H groups in total. The number of imide groups is 1. The van der Waals surface area contributed by atoms with E-state index in [4.69, 9.17) is 23.2 Å². The Bertz CT molecular complexity index is 1020. The quantitative estimate of drug-likeness (QED) is 0.710. The number of hydrogen-bond acceptors (Lipinski definition) is 4. The molecule has 0 unspecified atom stereocenters. The van der Waals surface area contributed by atoms with E-state index in [2.05, 4.69) is 10.6 Å². The number of carbonyl (C=O) groups is 4. The highest BCUT2D eigenvalue weighted by Crippen LogP contribution is 2.31. The molecule has 148 valence electrons. The van der Waals surface area contributed by atoms with E-state index in [1.165, 1.54) is 18.2 Å². The van der Waals surface area contributed by atoms with Crippen LogP contribution in [0.2, 0.25) is 10.0 Å². The molecule has 1 heterocycles. The van der Waals surface area contributed by atoms with E-state index < -0.39 is 24.3 Å². The van der Waals surface area contributed by atoms with Gasteiger partial charge in [-0.25, -0.2) is 0 Å². The molecule has 0 bridgehead atoms. The summed E-state index contributed by atoms with van der Waals surface area (Å²) in [4.78, 5) is 50.3. The second kappa shape index (κ2) is 7.50. The molecule has 0 radical (unpaired) electrons. The van der Waals surface area contributed by atoms with Crippen molar-refractivity contribution in [2.75, 3.05) is 11.9 Å². The van der Waals surface area contributed by atoms with Crippen LogP contribution in [0.4, 0.5) is 5.69 Å². The molecule has 4 amide bonds. The number of halogens is 2. The maximum absolute atomic E-state index is 12.5. The Kier molecular flexibility index (Phi) is 5.02. The number of anilines is 1. The third kappa shape index (κ3) is 3.97. The molecule has 2 aromatic rings. The molecule has 4 rings (SSSR count). The van der Waals surface area contributed by atoms with Crippen LogP contribution in [0.25, 0.3) is 0 Å². The molecular weight excluding hydrogens is 417 g/mol. The highest BCUT2D eigenvalue weighted by atomic mass is 35.5. The van der Waals surface area contributed by atoms with Gasteiger partial charge in [-0.05, 0) is 43.2 Å². The third-order valence-electron chi connectivity index (χ3n) is 4.63. The Balaban J connectivity index is 1.44. The molecular formula is C20H15Cl2N3O4. The molecule has 9 heteroatoms. The molecule has 0 atom stereocenters. The second-order valence-corrected chi connectivity index (χ2v) is 7.70. The van der Waals surface area contributed by atoms with Crippen LogP contribution >= 0.6 is 23.2 Å². The molecule has 0 aromatic heterocycles. The summed E-state index contributed by atoms with van der Waals surface area (Å²) in [5.74, 6) is -2.01. The van der Waals surface area contributed by atoms with Gasteiger partial charge in [0.1, 0.15) is 6.54 Å². The van der Waals surface area contributed by atoms with Gasteiger partial charge >= 0.3 is 0 Å². The van der Waals surface area contributed by atoms with E-state index in [-0.39, 0.29) is 33.1 Å². The summed E-state index contributed by atoms with van der Waals surface area (Å²) < 4.78 is 0. The molecule has 7 nitrogen and oxygen atoms in total. The molecule has 2 aliphatic rings. The number of benzene rings is 2. The van der Waals surface area contributed by atoms with E-state index >= 15 is 0 Å². The summed E-state index contributed by atoms with van der Waals surface area (Å²) >= 11 is 11.8. The standard InChI is InChI=1S/C20H15Cl2N3O4/c21-15-7-13-14(8-16(15)22)20(29)25(19(13)28)9-17(26)23-12-3-1-2-10(6-12)18(27)24-11-4-5-11/h1-3,6-8,11H,4-5,9H2,(H,23,26)(H,24,27).